The van der Waals surface area contributed by atoms with E-state index in [4.69, 9.17) is 0 Å². The van der Waals surface area contributed by atoms with Crippen LogP contribution in [-0.2, 0) is 0 Å². The minimum absolute atomic E-state index is 0.814. The summed E-state index contributed by atoms with van der Waals surface area (Å²) in [6, 6.07) is 0. The Morgan fingerprint density at radius 3 is 2.71 bits per heavy atom. The highest BCUT2D eigenvalue weighted by molar-refractivity contribution is 14.1. The fourth-order valence-corrected chi connectivity index (χ4v) is 0.758. The van der Waals surface area contributed by atoms with E-state index in [0.717, 1.165) is 5.82 Å². The van der Waals surface area contributed by atoms with E-state index in [1.165, 1.54) is 0 Å². The van der Waals surface area contributed by atoms with Gasteiger partial charge in [-0.05, 0) is 6.92 Å². The van der Waals surface area contributed by atoms with Crippen LogP contribution in [-0.4, -0.2) is 13.0 Å². The first kappa shape index (κ1) is 5.02. The average molecular weight is 209 g/mol. The summed E-state index contributed by atoms with van der Waals surface area (Å²) in [5.74, 6) is 0.814. The second kappa shape index (κ2) is 1.77. The number of aromatic nitrogens is 3. The largest absolute Gasteiger partial charge is 0.219 e. The highest BCUT2D eigenvalue weighted by atomic mass is 127. The molecule has 0 aromatic carbocycles. The number of aryl methyl sites for hydroxylation is 1. The molecule has 3 nitrogen and oxygen atoms in total. The van der Waals surface area contributed by atoms with Gasteiger partial charge in [-0.15, -0.1) is 5.10 Å². The first-order chi connectivity index (χ1) is 3.29. The molecule has 0 radical (unpaired) electrons. The molecule has 0 aliphatic rings. The molecular weight excluding hydrogens is 205 g/mol. The Labute approximate surface area is 55.2 Å². The van der Waals surface area contributed by atoms with Crippen molar-refractivity contribution in [3.05, 3.63) is 12.2 Å². The number of hydrogen-bond acceptors (Lipinski definition) is 2. The van der Waals surface area contributed by atoms with Crippen molar-refractivity contribution < 1.29 is 0 Å². The van der Waals surface area contributed by atoms with Crippen molar-refractivity contribution in [2.45, 2.75) is 6.92 Å². The van der Waals surface area contributed by atoms with Gasteiger partial charge in [0.1, 0.15) is 12.2 Å². The molecule has 1 rings (SSSR count). The Morgan fingerprint density at radius 1 is 1.86 bits per heavy atom. The predicted octanol–water partition coefficient (Wildman–Crippen LogP) is 0.785. The van der Waals surface area contributed by atoms with Gasteiger partial charge in [-0.2, -0.15) is 2.90 Å². The van der Waals surface area contributed by atoms with E-state index in [1.54, 1.807) is 9.22 Å². The van der Waals surface area contributed by atoms with Gasteiger partial charge in [-0.25, -0.2) is 4.98 Å². The highest BCUT2D eigenvalue weighted by Crippen LogP contribution is 1.89. The molecule has 4 heteroatoms. The fourth-order valence-electron chi connectivity index (χ4n) is 0.321. The molecule has 0 bridgehead atoms. The minimum Gasteiger partial charge on any atom is -0.219 e. The zero-order valence-corrected chi connectivity index (χ0v) is 5.95. The maximum atomic E-state index is 3.90. The third-order valence-electron chi connectivity index (χ3n) is 0.580. The maximum Gasteiger partial charge on any atom is 0.148 e. The molecule has 0 aliphatic heterocycles. The summed E-state index contributed by atoms with van der Waals surface area (Å²) < 4.78 is 1.65. The van der Waals surface area contributed by atoms with Crippen molar-refractivity contribution in [3.8, 4) is 0 Å². The van der Waals surface area contributed by atoms with Crippen molar-refractivity contribution in [2.24, 2.45) is 0 Å². The normalized spacial score (nSPS) is 9.43. The summed E-state index contributed by atoms with van der Waals surface area (Å²) in [5, 5.41) is 3.90. The second-order valence-corrected chi connectivity index (χ2v) is 2.17. The van der Waals surface area contributed by atoms with Gasteiger partial charge in [0.2, 0.25) is 0 Å². The average Bonchev–Trinajstić information content (AvgIpc) is 1.87. The van der Waals surface area contributed by atoms with Gasteiger partial charge in [0, 0.05) is 0 Å². The number of nitrogens with zero attached hydrogens (tertiary/aromatic N) is 3. The van der Waals surface area contributed by atoms with Crippen LogP contribution in [0.1, 0.15) is 5.82 Å². The topological polar surface area (TPSA) is 30.7 Å². The lowest BCUT2D eigenvalue weighted by Gasteiger charge is -1.73. The molecule has 0 atom stereocenters. The molecule has 0 spiro atoms. The Hall–Kier alpha value is -0.130. The molecule has 1 aromatic heterocycles. The van der Waals surface area contributed by atoms with Gasteiger partial charge in [-0.3, -0.25) is 0 Å². The predicted molar refractivity (Wildman–Crippen MR) is 34.2 cm³/mol. The molecule has 0 amide bonds. The molecule has 0 saturated carbocycles. The Kier molecular flexibility index (Phi) is 1.27. The van der Waals surface area contributed by atoms with Gasteiger partial charge in [-0.1, -0.05) is 0 Å². The van der Waals surface area contributed by atoms with Crippen LogP contribution in [0.5, 0.6) is 0 Å². The highest BCUT2D eigenvalue weighted by Gasteiger charge is 1.85. The lowest BCUT2D eigenvalue weighted by atomic mass is 10.8. The van der Waals surface area contributed by atoms with Crippen LogP contribution in [0.3, 0.4) is 0 Å². The fraction of sp³-hybridized carbons (Fsp3) is 0.333. The minimum atomic E-state index is 0.814. The zero-order valence-electron chi connectivity index (χ0n) is 3.80. The van der Waals surface area contributed by atoms with Crippen LogP contribution in [0.2, 0.25) is 0 Å². The van der Waals surface area contributed by atoms with E-state index in [1.807, 2.05) is 29.8 Å². The van der Waals surface area contributed by atoms with E-state index in [9.17, 15) is 0 Å². The quantitative estimate of drug-likeness (QED) is 0.591. The van der Waals surface area contributed by atoms with Crippen molar-refractivity contribution in [2.75, 3.05) is 0 Å². The molecule has 0 unspecified atom stereocenters. The molecule has 1 heterocycles. The summed E-state index contributed by atoms with van der Waals surface area (Å²) in [7, 11) is 0. The van der Waals surface area contributed by atoms with Gasteiger partial charge >= 0.3 is 0 Å². The van der Waals surface area contributed by atoms with Gasteiger partial charge in [0.15, 0.2) is 0 Å². The van der Waals surface area contributed by atoms with Crippen molar-refractivity contribution in [1.82, 2.24) is 13.0 Å². The van der Waals surface area contributed by atoms with Gasteiger partial charge in [0.25, 0.3) is 0 Å². The maximum absolute atomic E-state index is 3.90. The third kappa shape index (κ3) is 1.12. The second-order valence-electron chi connectivity index (χ2n) is 1.18. The molecule has 38 valence electrons. The summed E-state index contributed by atoms with van der Waals surface area (Å²) in [6.45, 7) is 1.86. The molecular formula is C3H4IN3. The van der Waals surface area contributed by atoms with Crippen molar-refractivity contribution in [3.63, 3.8) is 0 Å². The zero-order chi connectivity index (χ0) is 5.28. The van der Waals surface area contributed by atoms with E-state index >= 15 is 0 Å². The van der Waals surface area contributed by atoms with Gasteiger partial charge < -0.3 is 0 Å². The van der Waals surface area contributed by atoms with Crippen LogP contribution in [0.15, 0.2) is 6.33 Å². The first-order valence-corrected chi connectivity index (χ1v) is 2.80. The lowest BCUT2D eigenvalue weighted by Crippen LogP contribution is -1.76. The van der Waals surface area contributed by atoms with E-state index in [0.29, 0.717) is 0 Å². The number of halogens is 1. The molecule has 0 saturated heterocycles. The Morgan fingerprint density at radius 2 is 2.57 bits per heavy atom. The Balaban J connectivity index is 3.04. The molecule has 7 heavy (non-hydrogen) atoms. The molecule has 1 aromatic rings. The summed E-state index contributed by atoms with van der Waals surface area (Å²) in [5.41, 5.74) is 0. The monoisotopic (exact) mass is 209 g/mol. The van der Waals surface area contributed by atoms with Crippen LogP contribution in [0.4, 0.5) is 0 Å². The van der Waals surface area contributed by atoms with Crippen LogP contribution < -0.4 is 0 Å². The molecule has 0 aliphatic carbocycles. The van der Waals surface area contributed by atoms with Crippen LogP contribution >= 0.6 is 22.9 Å². The molecule has 0 fully saturated rings. The smallest absolute Gasteiger partial charge is 0.148 e. The summed E-state index contributed by atoms with van der Waals surface area (Å²) in [6.07, 6.45) is 1.66. The number of hydrogen-bond donors (Lipinski definition) is 0. The van der Waals surface area contributed by atoms with E-state index in [-0.39, 0.29) is 0 Å². The van der Waals surface area contributed by atoms with Gasteiger partial charge in [0.05, 0.1) is 22.9 Å². The number of rotatable bonds is 0. The lowest BCUT2D eigenvalue weighted by molar-refractivity contribution is 1.01. The van der Waals surface area contributed by atoms with E-state index in [2.05, 4.69) is 10.1 Å². The SMILES string of the molecule is Cc1ncn(I)n1. The molecule has 0 N–H and O–H groups in total. The standard InChI is InChI=1S/C3H4IN3/c1-3-5-2-7(4)6-3/h2H,1H3. The summed E-state index contributed by atoms with van der Waals surface area (Å²) >= 11 is 2.04. The summed E-state index contributed by atoms with van der Waals surface area (Å²) in [4.78, 5) is 3.86. The van der Waals surface area contributed by atoms with E-state index < -0.39 is 0 Å². The Bertz CT molecular complexity index is 142. The van der Waals surface area contributed by atoms with Crippen LogP contribution in [0.25, 0.3) is 0 Å². The van der Waals surface area contributed by atoms with Crippen molar-refractivity contribution >= 4 is 22.9 Å². The van der Waals surface area contributed by atoms with Crippen molar-refractivity contribution in [1.29, 1.82) is 0 Å². The third-order valence-corrected chi connectivity index (χ3v) is 1.04. The van der Waals surface area contributed by atoms with Crippen LogP contribution in [0, 0.1) is 6.92 Å². The first-order valence-electron chi connectivity index (χ1n) is 1.83.